The summed E-state index contributed by atoms with van der Waals surface area (Å²) in [5, 5.41) is 0. The molecule has 0 radical (unpaired) electrons. The van der Waals surface area contributed by atoms with Gasteiger partial charge >= 0.3 is 6.09 Å². The molecule has 146 valence electrons. The number of hydrogen-bond donors (Lipinski definition) is 0. The molecular weight excluding hydrogens is 326 g/mol. The number of anilines is 1. The van der Waals surface area contributed by atoms with Crippen LogP contribution in [0, 0.1) is 0 Å². The molecule has 0 N–H and O–H groups in total. The Morgan fingerprint density at radius 3 is 2.65 bits per heavy atom. The highest BCUT2D eigenvalue weighted by Crippen LogP contribution is 2.32. The van der Waals surface area contributed by atoms with Crippen LogP contribution >= 0.6 is 0 Å². The van der Waals surface area contributed by atoms with E-state index in [9.17, 15) is 4.79 Å². The summed E-state index contributed by atoms with van der Waals surface area (Å²) in [6, 6.07) is 4.58. The van der Waals surface area contributed by atoms with Gasteiger partial charge in [0.1, 0.15) is 11.4 Å². The average Bonchev–Trinajstić information content (AvgIpc) is 3.02. The Morgan fingerprint density at radius 2 is 2.12 bits per heavy atom. The fourth-order valence-electron chi connectivity index (χ4n) is 3.49. The lowest BCUT2D eigenvalue weighted by Crippen LogP contribution is -2.42. The molecule has 1 saturated heterocycles. The largest absolute Gasteiger partial charge is 0.443 e. The van der Waals surface area contributed by atoms with Gasteiger partial charge in [0.2, 0.25) is 0 Å². The van der Waals surface area contributed by atoms with Crippen molar-refractivity contribution in [1.82, 2.24) is 9.88 Å². The summed E-state index contributed by atoms with van der Waals surface area (Å²) in [6.07, 6.45) is 6.04. The van der Waals surface area contributed by atoms with E-state index < -0.39 is 5.60 Å². The lowest BCUT2D eigenvalue weighted by atomic mass is 10.1. The zero-order valence-corrected chi connectivity index (χ0v) is 17.3. The van der Waals surface area contributed by atoms with E-state index in [1.165, 1.54) is 24.8 Å². The van der Waals surface area contributed by atoms with Gasteiger partial charge in [-0.25, -0.2) is 9.78 Å². The van der Waals surface area contributed by atoms with E-state index in [0.29, 0.717) is 11.9 Å². The fourth-order valence-corrected chi connectivity index (χ4v) is 3.49. The van der Waals surface area contributed by atoms with Gasteiger partial charge in [0, 0.05) is 18.3 Å². The van der Waals surface area contributed by atoms with E-state index in [1.807, 2.05) is 40.0 Å². The van der Waals surface area contributed by atoms with Crippen LogP contribution in [0.1, 0.15) is 78.8 Å². The van der Waals surface area contributed by atoms with Gasteiger partial charge in [0.25, 0.3) is 0 Å². The summed E-state index contributed by atoms with van der Waals surface area (Å²) in [4.78, 5) is 21.5. The molecule has 0 bridgehead atoms. The number of carbonyl (C=O) groups is 1. The average molecular weight is 362 g/mol. The SMILES string of the molecule is CCCN1CCC[C@H]1c1ccc(N(C(=O)OC(C)(C)C)[C@H](C)CC)nc1. The summed E-state index contributed by atoms with van der Waals surface area (Å²) >= 11 is 0. The molecule has 2 heterocycles. The maximum absolute atomic E-state index is 12.7. The molecule has 0 saturated carbocycles. The van der Waals surface area contributed by atoms with E-state index in [-0.39, 0.29) is 12.1 Å². The number of pyridine rings is 1. The number of hydrogen-bond acceptors (Lipinski definition) is 4. The van der Waals surface area contributed by atoms with Crippen LogP contribution in [-0.4, -0.2) is 40.7 Å². The molecule has 5 nitrogen and oxygen atoms in total. The highest BCUT2D eigenvalue weighted by atomic mass is 16.6. The second kappa shape index (κ2) is 8.85. The number of carbonyl (C=O) groups excluding carboxylic acids is 1. The van der Waals surface area contributed by atoms with E-state index in [4.69, 9.17) is 4.74 Å². The molecule has 1 amide bonds. The van der Waals surface area contributed by atoms with Gasteiger partial charge in [0.15, 0.2) is 0 Å². The van der Waals surface area contributed by atoms with E-state index >= 15 is 0 Å². The molecule has 1 fully saturated rings. The van der Waals surface area contributed by atoms with Crippen molar-refractivity contribution in [1.29, 1.82) is 0 Å². The fraction of sp³-hybridized carbons (Fsp3) is 0.714. The minimum Gasteiger partial charge on any atom is -0.443 e. The van der Waals surface area contributed by atoms with Gasteiger partial charge in [-0.3, -0.25) is 9.80 Å². The van der Waals surface area contributed by atoms with Crippen molar-refractivity contribution >= 4 is 11.9 Å². The van der Waals surface area contributed by atoms with Gasteiger partial charge in [-0.1, -0.05) is 19.9 Å². The van der Waals surface area contributed by atoms with Gasteiger partial charge in [-0.2, -0.15) is 0 Å². The Balaban J connectivity index is 2.20. The summed E-state index contributed by atoms with van der Waals surface area (Å²) in [7, 11) is 0. The molecule has 1 aliphatic heterocycles. The minimum absolute atomic E-state index is 0.0336. The summed E-state index contributed by atoms with van der Waals surface area (Å²) < 4.78 is 5.60. The van der Waals surface area contributed by atoms with Crippen molar-refractivity contribution in [3.63, 3.8) is 0 Å². The lowest BCUT2D eigenvalue weighted by Gasteiger charge is -2.31. The molecule has 1 aliphatic rings. The van der Waals surface area contributed by atoms with Crippen LogP contribution in [-0.2, 0) is 4.74 Å². The third kappa shape index (κ3) is 5.19. The van der Waals surface area contributed by atoms with E-state index in [1.54, 1.807) is 4.90 Å². The smallest absolute Gasteiger partial charge is 0.416 e. The quantitative estimate of drug-likeness (QED) is 0.701. The van der Waals surface area contributed by atoms with Crippen LogP contribution in [0.2, 0.25) is 0 Å². The van der Waals surface area contributed by atoms with E-state index in [0.717, 1.165) is 19.5 Å². The predicted molar refractivity (Wildman–Crippen MR) is 107 cm³/mol. The van der Waals surface area contributed by atoms with Crippen LogP contribution in [0.15, 0.2) is 18.3 Å². The summed E-state index contributed by atoms with van der Waals surface area (Å²) in [5.41, 5.74) is 0.723. The van der Waals surface area contributed by atoms with E-state index in [2.05, 4.69) is 29.8 Å². The first-order valence-electron chi connectivity index (χ1n) is 9.99. The van der Waals surface area contributed by atoms with Crippen molar-refractivity contribution < 1.29 is 9.53 Å². The maximum Gasteiger partial charge on any atom is 0.416 e. The highest BCUT2D eigenvalue weighted by molar-refractivity contribution is 5.87. The first-order chi connectivity index (χ1) is 12.3. The highest BCUT2D eigenvalue weighted by Gasteiger charge is 2.29. The van der Waals surface area contributed by atoms with Crippen LogP contribution in [0.5, 0.6) is 0 Å². The normalized spacial score (nSPS) is 19.4. The molecule has 1 aromatic rings. The molecule has 26 heavy (non-hydrogen) atoms. The number of rotatable bonds is 6. The van der Waals surface area contributed by atoms with Crippen LogP contribution < -0.4 is 4.90 Å². The summed E-state index contributed by atoms with van der Waals surface area (Å²) in [5.74, 6) is 0.664. The number of likely N-dealkylation sites (tertiary alicyclic amines) is 1. The molecule has 1 aromatic heterocycles. The van der Waals surface area contributed by atoms with Crippen LogP contribution in [0.25, 0.3) is 0 Å². The van der Waals surface area contributed by atoms with Crippen molar-refractivity contribution in [2.24, 2.45) is 0 Å². The number of ether oxygens (including phenoxy) is 1. The Labute approximate surface area is 158 Å². The Kier molecular flexibility index (Phi) is 7.04. The zero-order chi connectivity index (χ0) is 19.3. The Bertz CT molecular complexity index is 580. The predicted octanol–water partition coefficient (Wildman–Crippen LogP) is 5.17. The first kappa shape index (κ1) is 20.7. The molecule has 0 aromatic carbocycles. The maximum atomic E-state index is 12.7. The lowest BCUT2D eigenvalue weighted by molar-refractivity contribution is 0.0566. The molecule has 0 aliphatic carbocycles. The van der Waals surface area contributed by atoms with Crippen molar-refractivity contribution in [3.8, 4) is 0 Å². The second-order valence-corrected chi connectivity index (χ2v) is 8.25. The minimum atomic E-state index is -0.521. The van der Waals surface area contributed by atoms with Crippen LogP contribution in [0.3, 0.4) is 0 Å². The number of aromatic nitrogens is 1. The van der Waals surface area contributed by atoms with Crippen LogP contribution in [0.4, 0.5) is 10.6 Å². The topological polar surface area (TPSA) is 45.7 Å². The van der Waals surface area contributed by atoms with Gasteiger partial charge < -0.3 is 4.74 Å². The third-order valence-electron chi connectivity index (χ3n) is 4.90. The van der Waals surface area contributed by atoms with Gasteiger partial charge in [-0.05, 0) is 78.1 Å². The van der Waals surface area contributed by atoms with Crippen molar-refractivity contribution in [2.75, 3.05) is 18.0 Å². The Morgan fingerprint density at radius 1 is 1.38 bits per heavy atom. The number of amides is 1. The standard InChI is InChI=1S/C21H35N3O2/c1-7-13-23-14-9-10-18(23)17-11-12-19(22-15-17)24(16(3)8-2)20(25)26-21(4,5)6/h11-12,15-16,18H,7-10,13-14H2,1-6H3/t16-,18+/m1/s1. The zero-order valence-electron chi connectivity index (χ0n) is 17.3. The van der Waals surface area contributed by atoms with Gasteiger partial charge in [-0.15, -0.1) is 0 Å². The third-order valence-corrected chi connectivity index (χ3v) is 4.90. The molecule has 2 atom stereocenters. The molecule has 5 heteroatoms. The molecule has 2 rings (SSSR count). The summed E-state index contributed by atoms with van der Waals surface area (Å²) in [6.45, 7) is 14.3. The number of nitrogens with zero attached hydrogens (tertiary/aromatic N) is 3. The molecular formula is C21H35N3O2. The monoisotopic (exact) mass is 361 g/mol. The Hall–Kier alpha value is -1.62. The molecule has 0 spiro atoms. The molecule has 0 unspecified atom stereocenters. The first-order valence-corrected chi connectivity index (χ1v) is 9.99. The van der Waals surface area contributed by atoms with Crippen molar-refractivity contribution in [2.45, 2.75) is 84.9 Å². The van der Waals surface area contributed by atoms with Crippen molar-refractivity contribution in [3.05, 3.63) is 23.9 Å². The van der Waals surface area contributed by atoms with Gasteiger partial charge in [0.05, 0.1) is 0 Å². The second-order valence-electron chi connectivity index (χ2n) is 8.25.